The summed E-state index contributed by atoms with van der Waals surface area (Å²) >= 11 is 0. The lowest BCUT2D eigenvalue weighted by Gasteiger charge is -2.11. The molecule has 0 atom stereocenters. The van der Waals surface area contributed by atoms with E-state index < -0.39 is 17.5 Å². The smallest absolute Gasteiger partial charge is 0.257 e. The van der Waals surface area contributed by atoms with Crippen molar-refractivity contribution in [3.8, 4) is 17.0 Å². The summed E-state index contributed by atoms with van der Waals surface area (Å²) in [6.45, 7) is 4.26. The van der Waals surface area contributed by atoms with Crippen molar-refractivity contribution in [3.05, 3.63) is 71.4 Å². The standard InChI is InChI=1S/C24H23F2N5O2/c1-13(2)27-11-14-7-18(25)22(19(26)8-14)20-10-17-21(12-28-20)30-31-23(17)29-24(32)15-5-4-6-16(9-15)33-3/h4-10,12-13,27H,11H2,1-3H3,(H2,29,30,31,32). The molecule has 1 amide bonds. The van der Waals surface area contributed by atoms with Crippen molar-refractivity contribution in [1.82, 2.24) is 20.5 Å². The highest BCUT2D eigenvalue weighted by atomic mass is 19.1. The van der Waals surface area contributed by atoms with Gasteiger partial charge in [0.15, 0.2) is 5.82 Å². The van der Waals surface area contributed by atoms with Crippen LogP contribution in [0.4, 0.5) is 14.6 Å². The van der Waals surface area contributed by atoms with E-state index in [1.807, 2.05) is 13.8 Å². The summed E-state index contributed by atoms with van der Waals surface area (Å²) < 4.78 is 34.8. The molecule has 9 heteroatoms. The van der Waals surface area contributed by atoms with Gasteiger partial charge in [-0.05, 0) is 42.0 Å². The third kappa shape index (κ3) is 4.83. The zero-order valence-corrected chi connectivity index (χ0v) is 18.4. The third-order valence-electron chi connectivity index (χ3n) is 5.08. The van der Waals surface area contributed by atoms with Gasteiger partial charge in [0.05, 0.1) is 30.1 Å². The van der Waals surface area contributed by atoms with E-state index >= 15 is 0 Å². The van der Waals surface area contributed by atoms with Gasteiger partial charge in [0.25, 0.3) is 5.91 Å². The number of benzene rings is 2. The van der Waals surface area contributed by atoms with Crippen LogP contribution in [0.5, 0.6) is 5.75 Å². The molecule has 2 heterocycles. The molecular weight excluding hydrogens is 428 g/mol. The first-order valence-corrected chi connectivity index (χ1v) is 10.4. The number of anilines is 1. The van der Waals surface area contributed by atoms with Crippen LogP contribution < -0.4 is 15.4 Å². The molecule has 170 valence electrons. The molecule has 0 saturated carbocycles. The fourth-order valence-corrected chi connectivity index (χ4v) is 3.39. The van der Waals surface area contributed by atoms with E-state index in [2.05, 4.69) is 25.8 Å². The van der Waals surface area contributed by atoms with Crippen molar-refractivity contribution in [2.24, 2.45) is 0 Å². The van der Waals surface area contributed by atoms with Crippen LogP contribution in [0.25, 0.3) is 22.2 Å². The van der Waals surface area contributed by atoms with Gasteiger partial charge in [-0.2, -0.15) is 5.10 Å². The second-order valence-electron chi connectivity index (χ2n) is 7.84. The number of amides is 1. The molecule has 7 nitrogen and oxygen atoms in total. The Bertz CT molecular complexity index is 1300. The number of nitrogens with zero attached hydrogens (tertiary/aromatic N) is 2. The molecule has 0 fully saturated rings. The molecule has 4 rings (SSSR count). The number of rotatable bonds is 7. The molecule has 2 aromatic heterocycles. The second-order valence-corrected chi connectivity index (χ2v) is 7.84. The van der Waals surface area contributed by atoms with Crippen LogP contribution in [0.1, 0.15) is 29.8 Å². The van der Waals surface area contributed by atoms with Crippen molar-refractivity contribution in [3.63, 3.8) is 0 Å². The van der Waals surface area contributed by atoms with Gasteiger partial charge in [0, 0.05) is 23.5 Å². The van der Waals surface area contributed by atoms with Crippen LogP contribution >= 0.6 is 0 Å². The SMILES string of the molecule is COc1cccc(C(=O)Nc2n[nH]c3cnc(-c4c(F)cc(CNC(C)C)cc4F)cc23)c1. The van der Waals surface area contributed by atoms with Crippen LogP contribution in [0.3, 0.4) is 0 Å². The Morgan fingerprint density at radius 2 is 1.91 bits per heavy atom. The molecule has 0 aliphatic rings. The van der Waals surface area contributed by atoms with Gasteiger partial charge in [0.2, 0.25) is 0 Å². The number of carbonyl (C=O) groups excluding carboxylic acids is 1. The van der Waals surface area contributed by atoms with E-state index in [0.29, 0.717) is 34.3 Å². The summed E-state index contributed by atoms with van der Waals surface area (Å²) in [5.41, 5.74) is 1.24. The molecular formula is C24H23F2N5O2. The molecule has 0 unspecified atom stereocenters. The van der Waals surface area contributed by atoms with E-state index in [0.717, 1.165) is 0 Å². The molecule has 0 aliphatic carbocycles. The van der Waals surface area contributed by atoms with Crippen LogP contribution in [0, 0.1) is 11.6 Å². The number of nitrogens with one attached hydrogen (secondary N) is 3. The number of ether oxygens (including phenoxy) is 1. The minimum atomic E-state index is -0.715. The quantitative estimate of drug-likeness (QED) is 0.380. The predicted octanol–water partition coefficient (Wildman–Crippen LogP) is 4.66. The van der Waals surface area contributed by atoms with E-state index in [-0.39, 0.29) is 23.1 Å². The Morgan fingerprint density at radius 3 is 2.61 bits per heavy atom. The number of aromatic amines is 1. The van der Waals surface area contributed by atoms with Crippen LogP contribution in [-0.2, 0) is 6.54 Å². The average Bonchev–Trinajstić information content (AvgIpc) is 3.19. The first-order chi connectivity index (χ1) is 15.9. The maximum absolute atomic E-state index is 14.8. The maximum Gasteiger partial charge on any atom is 0.257 e. The molecule has 0 spiro atoms. The van der Waals surface area contributed by atoms with Gasteiger partial charge in [-0.25, -0.2) is 8.78 Å². The van der Waals surface area contributed by atoms with Gasteiger partial charge >= 0.3 is 0 Å². The van der Waals surface area contributed by atoms with Gasteiger partial charge in [-0.1, -0.05) is 19.9 Å². The zero-order chi connectivity index (χ0) is 23.5. The van der Waals surface area contributed by atoms with Gasteiger partial charge in [-0.3, -0.25) is 14.9 Å². The second kappa shape index (κ2) is 9.33. The number of aromatic nitrogens is 3. The van der Waals surface area contributed by atoms with E-state index in [1.54, 1.807) is 24.3 Å². The lowest BCUT2D eigenvalue weighted by Crippen LogP contribution is -2.22. The highest BCUT2D eigenvalue weighted by Gasteiger charge is 2.18. The van der Waals surface area contributed by atoms with Crippen molar-refractivity contribution in [2.45, 2.75) is 26.4 Å². The molecule has 0 aliphatic heterocycles. The monoisotopic (exact) mass is 451 g/mol. The maximum atomic E-state index is 14.8. The third-order valence-corrected chi connectivity index (χ3v) is 5.08. The Hall–Kier alpha value is -3.85. The Labute approximate surface area is 189 Å². The molecule has 0 radical (unpaired) electrons. The Balaban J connectivity index is 1.65. The summed E-state index contributed by atoms with van der Waals surface area (Å²) in [7, 11) is 1.51. The van der Waals surface area contributed by atoms with Gasteiger partial charge in [-0.15, -0.1) is 0 Å². The fourth-order valence-electron chi connectivity index (χ4n) is 3.39. The molecule has 33 heavy (non-hydrogen) atoms. The van der Waals surface area contributed by atoms with Crippen molar-refractivity contribution < 1.29 is 18.3 Å². The summed E-state index contributed by atoms with van der Waals surface area (Å²) in [5.74, 6) is -1.07. The fraction of sp³-hybridized carbons (Fsp3) is 0.208. The number of halogens is 2. The topological polar surface area (TPSA) is 91.9 Å². The minimum Gasteiger partial charge on any atom is -0.497 e. The average molecular weight is 451 g/mol. The zero-order valence-electron chi connectivity index (χ0n) is 18.4. The molecule has 0 bridgehead atoms. The highest BCUT2D eigenvalue weighted by molar-refractivity contribution is 6.08. The van der Waals surface area contributed by atoms with E-state index in [4.69, 9.17) is 4.74 Å². The summed E-state index contributed by atoms with van der Waals surface area (Å²) in [6.07, 6.45) is 1.42. The van der Waals surface area contributed by atoms with Crippen molar-refractivity contribution in [1.29, 1.82) is 0 Å². The highest BCUT2D eigenvalue weighted by Crippen LogP contribution is 2.30. The molecule has 2 aromatic carbocycles. The lowest BCUT2D eigenvalue weighted by atomic mass is 10.1. The normalized spacial score (nSPS) is 11.2. The molecule has 3 N–H and O–H groups in total. The minimum absolute atomic E-state index is 0.0964. The van der Waals surface area contributed by atoms with Crippen molar-refractivity contribution in [2.75, 3.05) is 12.4 Å². The molecule has 0 saturated heterocycles. The van der Waals surface area contributed by atoms with Crippen LogP contribution in [0.2, 0.25) is 0 Å². The largest absolute Gasteiger partial charge is 0.497 e. The van der Waals surface area contributed by atoms with Crippen molar-refractivity contribution >= 4 is 22.6 Å². The summed E-state index contributed by atoms with van der Waals surface area (Å²) in [6, 6.07) is 10.9. The number of hydrogen-bond acceptors (Lipinski definition) is 5. The van der Waals surface area contributed by atoms with E-state index in [9.17, 15) is 13.6 Å². The van der Waals surface area contributed by atoms with Gasteiger partial charge in [0.1, 0.15) is 17.4 Å². The molecule has 4 aromatic rings. The van der Waals surface area contributed by atoms with Crippen LogP contribution in [0.15, 0.2) is 48.7 Å². The first kappa shape index (κ1) is 22.3. The number of H-pyrrole nitrogens is 1. The first-order valence-electron chi connectivity index (χ1n) is 10.4. The number of fused-ring (bicyclic) bond motifs is 1. The van der Waals surface area contributed by atoms with Gasteiger partial charge < -0.3 is 15.4 Å². The number of methoxy groups -OCH3 is 1. The summed E-state index contributed by atoms with van der Waals surface area (Å²) in [4.78, 5) is 16.9. The number of pyridine rings is 1. The number of carbonyl (C=O) groups is 1. The summed E-state index contributed by atoms with van der Waals surface area (Å²) in [5, 5.41) is 13.2. The predicted molar refractivity (Wildman–Crippen MR) is 122 cm³/mol. The van der Waals surface area contributed by atoms with Crippen LogP contribution in [-0.4, -0.2) is 34.2 Å². The van der Waals surface area contributed by atoms with E-state index in [1.165, 1.54) is 31.5 Å². The Kier molecular flexibility index (Phi) is 6.32. The lowest BCUT2D eigenvalue weighted by molar-refractivity contribution is 0.102. The Morgan fingerprint density at radius 1 is 1.15 bits per heavy atom. The number of hydrogen-bond donors (Lipinski definition) is 3.